The van der Waals surface area contributed by atoms with Crippen molar-refractivity contribution in [2.24, 2.45) is 0 Å². The van der Waals surface area contributed by atoms with E-state index >= 15 is 0 Å². The Hall–Kier alpha value is -8.26. The molecule has 0 heterocycles. The minimum atomic E-state index is -0.123. The first-order valence-electron chi connectivity index (χ1n) is 23.1. The van der Waals surface area contributed by atoms with Crippen LogP contribution >= 0.6 is 0 Å². The van der Waals surface area contributed by atoms with E-state index in [2.05, 4.69) is 255 Å². The first-order valence-corrected chi connectivity index (χ1v) is 23.1. The lowest BCUT2D eigenvalue weighted by atomic mass is 9.82. The summed E-state index contributed by atoms with van der Waals surface area (Å²) in [4.78, 5) is 2.46. The van der Waals surface area contributed by atoms with Gasteiger partial charge in [-0.25, -0.2) is 0 Å². The average Bonchev–Trinajstić information content (AvgIpc) is 3.60. The van der Waals surface area contributed by atoms with Crippen molar-refractivity contribution in [2.45, 2.75) is 19.3 Å². The fraction of sp³-hybridized carbons (Fsp3) is 0.0462. The Morgan fingerprint density at radius 2 is 0.742 bits per heavy atom. The molecule has 0 saturated heterocycles. The number of benzene rings is 12. The summed E-state index contributed by atoms with van der Waals surface area (Å²) < 4.78 is 0. The van der Waals surface area contributed by atoms with Gasteiger partial charge in [0, 0.05) is 22.5 Å². The summed E-state index contributed by atoms with van der Waals surface area (Å²) in [6, 6.07) is 88.1. The Labute approximate surface area is 385 Å². The lowest BCUT2D eigenvalue weighted by Crippen LogP contribution is -2.16. The molecule has 12 aromatic carbocycles. The first kappa shape index (κ1) is 38.2. The van der Waals surface area contributed by atoms with Gasteiger partial charge in [0.05, 0.1) is 0 Å². The predicted molar refractivity (Wildman–Crippen MR) is 283 cm³/mol. The maximum absolute atomic E-state index is 2.46. The van der Waals surface area contributed by atoms with Gasteiger partial charge in [-0.05, 0) is 176 Å². The van der Waals surface area contributed by atoms with Crippen molar-refractivity contribution in [1.29, 1.82) is 0 Å². The molecule has 1 heteroatoms. The van der Waals surface area contributed by atoms with Gasteiger partial charge in [-0.1, -0.05) is 184 Å². The second-order valence-corrected chi connectivity index (χ2v) is 18.5. The Morgan fingerprint density at radius 1 is 0.258 bits per heavy atom. The third-order valence-corrected chi connectivity index (χ3v) is 14.4. The van der Waals surface area contributed by atoms with Crippen LogP contribution in [0.5, 0.6) is 0 Å². The molecular weight excluding hydrogens is 795 g/mol. The van der Waals surface area contributed by atoms with Crippen LogP contribution in [0.4, 0.5) is 17.1 Å². The number of anilines is 3. The van der Waals surface area contributed by atoms with Crippen molar-refractivity contribution in [1.82, 2.24) is 0 Å². The van der Waals surface area contributed by atoms with E-state index < -0.39 is 0 Å². The van der Waals surface area contributed by atoms with Crippen LogP contribution < -0.4 is 4.90 Å². The van der Waals surface area contributed by atoms with Crippen molar-refractivity contribution < 1.29 is 0 Å². The normalized spacial score (nSPS) is 12.8. The maximum atomic E-state index is 2.46. The second-order valence-electron chi connectivity index (χ2n) is 18.5. The van der Waals surface area contributed by atoms with Crippen molar-refractivity contribution in [3.63, 3.8) is 0 Å². The molecule has 1 nitrogen and oxygen atoms in total. The van der Waals surface area contributed by atoms with Crippen LogP contribution in [0, 0.1) is 0 Å². The van der Waals surface area contributed by atoms with Gasteiger partial charge < -0.3 is 4.90 Å². The number of rotatable bonds is 6. The van der Waals surface area contributed by atoms with Crippen molar-refractivity contribution in [3.8, 4) is 44.5 Å². The third-order valence-electron chi connectivity index (χ3n) is 14.4. The maximum Gasteiger partial charge on any atom is 0.0468 e. The third kappa shape index (κ3) is 6.15. The molecule has 0 fully saturated rings. The number of nitrogens with zero attached hydrogens (tertiary/aromatic N) is 1. The molecule has 0 atom stereocenters. The summed E-state index contributed by atoms with van der Waals surface area (Å²) in [7, 11) is 0. The van der Waals surface area contributed by atoms with Gasteiger partial charge in [-0.15, -0.1) is 0 Å². The Morgan fingerprint density at radius 3 is 1.48 bits per heavy atom. The standard InChI is InChI=1S/C65H45N/c1-65(2)63-23-13-12-22-57(63)58-33-30-54(41-64(58)65)66(52-28-26-43-15-7-9-19-46(43)35-52)53-29-32-55-51(36-53)40-61(49-25-24-42-14-6-8-18-45(42)34-49)62-39-50(27-31-56(55)62)60-38-48-21-11-10-20-47(48)37-59(60)44-16-4-3-5-17-44/h3-41H,1-2H3. The molecule has 0 bridgehead atoms. The molecule has 0 saturated carbocycles. The van der Waals surface area contributed by atoms with Crippen LogP contribution in [0.15, 0.2) is 237 Å². The van der Waals surface area contributed by atoms with Crippen LogP contribution in [0.1, 0.15) is 25.0 Å². The van der Waals surface area contributed by atoms with Gasteiger partial charge in [0.15, 0.2) is 0 Å². The SMILES string of the molecule is CC1(C)c2ccccc2-c2ccc(N(c3ccc4ccccc4c3)c3ccc4c(c3)cc(-c3ccc5ccccc5c3)c3cc(-c5cc6ccccc6cc5-c5ccccc5)ccc34)cc21. The predicted octanol–water partition coefficient (Wildman–Crippen LogP) is 18.2. The minimum Gasteiger partial charge on any atom is -0.310 e. The summed E-state index contributed by atoms with van der Waals surface area (Å²) >= 11 is 0. The van der Waals surface area contributed by atoms with Gasteiger partial charge in [0.25, 0.3) is 0 Å². The molecule has 310 valence electrons. The largest absolute Gasteiger partial charge is 0.310 e. The smallest absolute Gasteiger partial charge is 0.0468 e. The highest BCUT2D eigenvalue weighted by molar-refractivity contribution is 6.16. The lowest BCUT2D eigenvalue weighted by molar-refractivity contribution is 0.660. The summed E-state index contributed by atoms with van der Waals surface area (Å²) in [6.45, 7) is 4.73. The van der Waals surface area contributed by atoms with E-state index in [0.29, 0.717) is 0 Å². The van der Waals surface area contributed by atoms with E-state index in [-0.39, 0.29) is 5.41 Å². The van der Waals surface area contributed by atoms with Gasteiger partial charge in [-0.2, -0.15) is 0 Å². The minimum absolute atomic E-state index is 0.123. The summed E-state index contributed by atoms with van der Waals surface area (Å²) in [6.07, 6.45) is 0. The molecule has 0 radical (unpaired) electrons. The average molecular weight is 840 g/mol. The molecule has 0 N–H and O–H groups in total. The van der Waals surface area contributed by atoms with Gasteiger partial charge >= 0.3 is 0 Å². The highest BCUT2D eigenvalue weighted by Crippen LogP contribution is 2.51. The highest BCUT2D eigenvalue weighted by Gasteiger charge is 2.35. The van der Waals surface area contributed by atoms with Gasteiger partial charge in [0.1, 0.15) is 0 Å². The van der Waals surface area contributed by atoms with Crippen molar-refractivity contribution >= 4 is 70.9 Å². The summed E-state index contributed by atoms with van der Waals surface area (Å²) in [5.74, 6) is 0. The van der Waals surface area contributed by atoms with Crippen LogP contribution in [-0.4, -0.2) is 0 Å². The number of hydrogen-bond donors (Lipinski definition) is 0. The topological polar surface area (TPSA) is 3.24 Å². The second kappa shape index (κ2) is 14.9. The number of fused-ring (bicyclic) bond motifs is 9. The molecule has 0 aliphatic heterocycles. The highest BCUT2D eigenvalue weighted by atomic mass is 15.1. The summed E-state index contributed by atoms with van der Waals surface area (Å²) in [5.41, 5.74) is 16.0. The molecule has 0 spiro atoms. The zero-order chi connectivity index (χ0) is 43.9. The van der Waals surface area contributed by atoms with E-state index in [1.807, 2.05) is 0 Å². The van der Waals surface area contributed by atoms with E-state index in [1.54, 1.807) is 0 Å². The molecule has 1 aliphatic carbocycles. The zero-order valence-electron chi connectivity index (χ0n) is 37.0. The van der Waals surface area contributed by atoms with Crippen molar-refractivity contribution in [3.05, 3.63) is 248 Å². The van der Waals surface area contributed by atoms with Crippen LogP contribution in [-0.2, 0) is 5.41 Å². The van der Waals surface area contributed by atoms with E-state index in [4.69, 9.17) is 0 Å². The van der Waals surface area contributed by atoms with Crippen LogP contribution in [0.2, 0.25) is 0 Å². The Bertz CT molecular complexity index is 3910. The Kier molecular flexibility index (Phi) is 8.63. The molecule has 12 aromatic rings. The van der Waals surface area contributed by atoms with Gasteiger partial charge in [0.2, 0.25) is 0 Å². The fourth-order valence-electron chi connectivity index (χ4n) is 11.0. The number of hydrogen-bond acceptors (Lipinski definition) is 1. The molecule has 66 heavy (non-hydrogen) atoms. The van der Waals surface area contributed by atoms with Gasteiger partial charge in [-0.3, -0.25) is 0 Å². The quantitative estimate of drug-likeness (QED) is 0.151. The van der Waals surface area contributed by atoms with Crippen LogP contribution in [0.25, 0.3) is 98.4 Å². The van der Waals surface area contributed by atoms with E-state index in [9.17, 15) is 0 Å². The zero-order valence-corrected chi connectivity index (χ0v) is 37.0. The van der Waals surface area contributed by atoms with E-state index in [0.717, 1.165) is 17.1 Å². The molecule has 1 aliphatic rings. The Balaban J connectivity index is 1.04. The first-order chi connectivity index (χ1) is 32.4. The molecule has 0 aromatic heterocycles. The molecular formula is C65H45N. The van der Waals surface area contributed by atoms with Crippen molar-refractivity contribution in [2.75, 3.05) is 4.90 Å². The monoisotopic (exact) mass is 839 g/mol. The van der Waals surface area contributed by atoms with Crippen LogP contribution in [0.3, 0.4) is 0 Å². The molecule has 0 unspecified atom stereocenters. The van der Waals surface area contributed by atoms with E-state index in [1.165, 1.54) is 109 Å². The fourth-order valence-corrected chi connectivity index (χ4v) is 11.0. The summed E-state index contributed by atoms with van der Waals surface area (Å²) in [5, 5.41) is 12.3. The lowest BCUT2D eigenvalue weighted by Gasteiger charge is -2.29. The molecule has 13 rings (SSSR count). The molecule has 0 amide bonds.